The van der Waals surface area contributed by atoms with Crippen molar-refractivity contribution in [1.29, 1.82) is 0 Å². The van der Waals surface area contributed by atoms with E-state index < -0.39 is 0 Å². The first-order valence-corrected chi connectivity index (χ1v) is 8.86. The summed E-state index contributed by atoms with van der Waals surface area (Å²) in [5.74, 6) is -0.00631. The zero-order chi connectivity index (χ0) is 17.8. The second kappa shape index (κ2) is 7.65. The van der Waals surface area contributed by atoms with Crippen LogP contribution < -0.4 is 4.74 Å². The second-order valence-corrected chi connectivity index (χ2v) is 7.11. The summed E-state index contributed by atoms with van der Waals surface area (Å²) in [6, 6.07) is 9.33. The quantitative estimate of drug-likeness (QED) is 0.840. The molecule has 1 aliphatic heterocycles. The SMILES string of the molecule is Cc1ccc(C(=O)N2CCN(C(=O)COc3ccc(F)cc3)CC2)s1. The Morgan fingerprint density at radius 3 is 2.28 bits per heavy atom. The summed E-state index contributed by atoms with van der Waals surface area (Å²) in [4.78, 5) is 29.9. The number of rotatable bonds is 4. The van der Waals surface area contributed by atoms with Gasteiger partial charge in [-0.3, -0.25) is 9.59 Å². The van der Waals surface area contributed by atoms with Crippen LogP contribution in [0.5, 0.6) is 5.75 Å². The highest BCUT2D eigenvalue weighted by Crippen LogP contribution is 2.18. The van der Waals surface area contributed by atoms with Gasteiger partial charge < -0.3 is 14.5 Å². The first-order valence-electron chi connectivity index (χ1n) is 8.05. The van der Waals surface area contributed by atoms with Crippen molar-refractivity contribution >= 4 is 23.2 Å². The van der Waals surface area contributed by atoms with E-state index in [9.17, 15) is 14.0 Å². The van der Waals surface area contributed by atoms with E-state index in [1.54, 1.807) is 9.80 Å². The van der Waals surface area contributed by atoms with Gasteiger partial charge in [0.1, 0.15) is 11.6 Å². The van der Waals surface area contributed by atoms with E-state index in [0.29, 0.717) is 31.9 Å². The van der Waals surface area contributed by atoms with Crippen molar-refractivity contribution in [3.8, 4) is 5.75 Å². The summed E-state index contributed by atoms with van der Waals surface area (Å²) in [5, 5.41) is 0. The van der Waals surface area contributed by atoms with Crippen LogP contribution in [0, 0.1) is 12.7 Å². The minimum absolute atomic E-state index is 0.0211. The Morgan fingerprint density at radius 1 is 1.04 bits per heavy atom. The molecule has 1 saturated heterocycles. The molecule has 2 aromatic rings. The number of amides is 2. The normalized spacial score (nSPS) is 14.5. The Labute approximate surface area is 149 Å². The lowest BCUT2D eigenvalue weighted by atomic mass is 10.3. The Kier molecular flexibility index (Phi) is 5.33. The molecule has 25 heavy (non-hydrogen) atoms. The van der Waals surface area contributed by atoms with Crippen molar-refractivity contribution in [2.45, 2.75) is 6.92 Å². The fraction of sp³-hybridized carbons (Fsp3) is 0.333. The molecule has 0 saturated carbocycles. The van der Waals surface area contributed by atoms with Gasteiger partial charge in [0.05, 0.1) is 4.88 Å². The number of carbonyl (C=O) groups excluding carboxylic acids is 2. The molecule has 3 rings (SSSR count). The van der Waals surface area contributed by atoms with Gasteiger partial charge in [0.2, 0.25) is 0 Å². The van der Waals surface area contributed by atoms with Crippen molar-refractivity contribution in [3.05, 3.63) is 52.0 Å². The van der Waals surface area contributed by atoms with Crippen molar-refractivity contribution in [2.24, 2.45) is 0 Å². The van der Waals surface area contributed by atoms with Crippen LogP contribution in [0.1, 0.15) is 14.5 Å². The Hall–Kier alpha value is -2.41. The van der Waals surface area contributed by atoms with Gasteiger partial charge in [0, 0.05) is 31.1 Å². The topological polar surface area (TPSA) is 49.9 Å². The van der Waals surface area contributed by atoms with Gasteiger partial charge in [-0.1, -0.05) is 0 Å². The van der Waals surface area contributed by atoms with Crippen LogP contribution in [0.2, 0.25) is 0 Å². The molecule has 0 spiro atoms. The third kappa shape index (κ3) is 4.36. The molecule has 0 aliphatic carbocycles. The molecule has 2 amide bonds. The lowest BCUT2D eigenvalue weighted by molar-refractivity contribution is -0.134. The van der Waals surface area contributed by atoms with Gasteiger partial charge >= 0.3 is 0 Å². The van der Waals surface area contributed by atoms with Crippen molar-refractivity contribution in [3.63, 3.8) is 0 Å². The van der Waals surface area contributed by atoms with E-state index in [1.165, 1.54) is 35.6 Å². The number of ether oxygens (including phenoxy) is 1. The first kappa shape index (κ1) is 17.4. The minimum Gasteiger partial charge on any atom is -0.484 e. The summed E-state index contributed by atoms with van der Waals surface area (Å²) in [7, 11) is 0. The predicted molar refractivity (Wildman–Crippen MR) is 93.4 cm³/mol. The number of hydrogen-bond donors (Lipinski definition) is 0. The lowest BCUT2D eigenvalue weighted by Crippen LogP contribution is -2.51. The monoisotopic (exact) mass is 362 g/mol. The van der Waals surface area contributed by atoms with Gasteiger partial charge in [-0.25, -0.2) is 4.39 Å². The smallest absolute Gasteiger partial charge is 0.264 e. The number of halogens is 1. The number of nitrogens with zero attached hydrogens (tertiary/aromatic N) is 2. The fourth-order valence-corrected chi connectivity index (χ4v) is 3.47. The first-order chi connectivity index (χ1) is 12.0. The van der Waals surface area contributed by atoms with E-state index in [-0.39, 0.29) is 24.2 Å². The van der Waals surface area contributed by atoms with Crippen LogP contribution >= 0.6 is 11.3 Å². The van der Waals surface area contributed by atoms with E-state index in [2.05, 4.69) is 0 Å². The molecule has 5 nitrogen and oxygen atoms in total. The summed E-state index contributed by atoms with van der Waals surface area (Å²) in [5.41, 5.74) is 0. The highest BCUT2D eigenvalue weighted by Gasteiger charge is 2.25. The molecule has 1 aliphatic rings. The van der Waals surface area contributed by atoms with Crippen LogP contribution in [0.3, 0.4) is 0 Å². The fourth-order valence-electron chi connectivity index (χ4n) is 2.63. The molecule has 1 aromatic carbocycles. The standard InChI is InChI=1S/C18H19FN2O3S/c1-13-2-7-16(25-13)18(23)21-10-8-20(9-11-21)17(22)12-24-15-5-3-14(19)4-6-15/h2-7H,8-12H2,1H3. The summed E-state index contributed by atoms with van der Waals surface area (Å²) in [6.45, 7) is 3.88. The number of carbonyl (C=O) groups is 2. The lowest BCUT2D eigenvalue weighted by Gasteiger charge is -2.34. The molecule has 0 atom stereocenters. The van der Waals surface area contributed by atoms with Crippen LogP contribution in [0.4, 0.5) is 4.39 Å². The number of benzene rings is 1. The van der Waals surface area contributed by atoms with Crippen molar-refractivity contribution in [1.82, 2.24) is 9.80 Å². The van der Waals surface area contributed by atoms with Crippen LogP contribution in [-0.2, 0) is 4.79 Å². The predicted octanol–water partition coefficient (Wildman–Crippen LogP) is 2.56. The number of aryl methyl sites for hydroxylation is 1. The average molecular weight is 362 g/mol. The summed E-state index contributed by atoms with van der Waals surface area (Å²) >= 11 is 1.48. The second-order valence-electron chi connectivity index (χ2n) is 5.83. The Bertz CT molecular complexity index is 752. The molecule has 2 heterocycles. The van der Waals surface area contributed by atoms with E-state index >= 15 is 0 Å². The maximum Gasteiger partial charge on any atom is 0.264 e. The molecule has 1 fully saturated rings. The van der Waals surface area contributed by atoms with Crippen LogP contribution in [0.15, 0.2) is 36.4 Å². The van der Waals surface area contributed by atoms with Gasteiger partial charge in [-0.05, 0) is 43.3 Å². The van der Waals surface area contributed by atoms with Gasteiger partial charge in [0.15, 0.2) is 6.61 Å². The van der Waals surface area contributed by atoms with E-state index in [4.69, 9.17) is 4.74 Å². The maximum absolute atomic E-state index is 12.8. The minimum atomic E-state index is -0.347. The highest BCUT2D eigenvalue weighted by atomic mass is 32.1. The molecule has 132 valence electrons. The number of thiophene rings is 1. The van der Waals surface area contributed by atoms with Gasteiger partial charge in [-0.2, -0.15) is 0 Å². The van der Waals surface area contributed by atoms with Gasteiger partial charge in [-0.15, -0.1) is 11.3 Å². The zero-order valence-electron chi connectivity index (χ0n) is 13.9. The third-order valence-corrected chi connectivity index (χ3v) is 5.04. The molecule has 0 radical (unpaired) electrons. The van der Waals surface area contributed by atoms with Crippen molar-refractivity contribution < 1.29 is 18.7 Å². The average Bonchev–Trinajstić information content (AvgIpc) is 3.07. The van der Waals surface area contributed by atoms with Gasteiger partial charge in [0.25, 0.3) is 11.8 Å². The molecular formula is C18H19FN2O3S. The molecule has 0 unspecified atom stereocenters. The Morgan fingerprint density at radius 2 is 1.68 bits per heavy atom. The summed E-state index contributed by atoms with van der Waals surface area (Å²) < 4.78 is 18.2. The number of piperazine rings is 1. The molecule has 0 N–H and O–H groups in total. The molecule has 7 heteroatoms. The number of hydrogen-bond acceptors (Lipinski definition) is 4. The van der Waals surface area contributed by atoms with Crippen molar-refractivity contribution in [2.75, 3.05) is 32.8 Å². The third-order valence-electron chi connectivity index (χ3n) is 4.05. The maximum atomic E-state index is 12.8. The Balaban J connectivity index is 1.47. The zero-order valence-corrected chi connectivity index (χ0v) is 14.7. The molecule has 1 aromatic heterocycles. The van der Waals surface area contributed by atoms with E-state index in [0.717, 1.165) is 9.75 Å². The highest BCUT2D eigenvalue weighted by molar-refractivity contribution is 7.13. The summed E-state index contributed by atoms with van der Waals surface area (Å²) in [6.07, 6.45) is 0. The van der Waals surface area contributed by atoms with Crippen LogP contribution in [-0.4, -0.2) is 54.4 Å². The largest absolute Gasteiger partial charge is 0.484 e. The van der Waals surface area contributed by atoms with Crippen LogP contribution in [0.25, 0.3) is 0 Å². The van der Waals surface area contributed by atoms with E-state index in [1.807, 2.05) is 19.1 Å². The molecular weight excluding hydrogens is 343 g/mol. The molecule has 0 bridgehead atoms.